The van der Waals surface area contributed by atoms with Crippen molar-refractivity contribution in [1.82, 2.24) is 10.3 Å². The molecule has 0 spiro atoms. The van der Waals surface area contributed by atoms with Crippen molar-refractivity contribution in [2.24, 2.45) is 0 Å². The molecule has 1 aromatic rings. The Morgan fingerprint density at radius 3 is 2.75 bits per heavy atom. The van der Waals surface area contributed by atoms with Crippen molar-refractivity contribution in [1.29, 1.82) is 0 Å². The fourth-order valence-electron chi connectivity index (χ4n) is 1.96. The molecule has 1 aromatic heterocycles. The maximum Gasteiger partial charge on any atom is 0.150 e. The zero-order chi connectivity index (χ0) is 15.0. The minimum Gasteiger partial charge on any atom is -0.309 e. The second-order valence-electron chi connectivity index (χ2n) is 4.76. The summed E-state index contributed by atoms with van der Waals surface area (Å²) in [5.74, 6) is 0.464. The van der Waals surface area contributed by atoms with Crippen molar-refractivity contribution >= 4 is 25.8 Å². The molecule has 1 N–H and O–H groups in total. The first kappa shape index (κ1) is 17.6. The van der Waals surface area contributed by atoms with Gasteiger partial charge in [-0.05, 0) is 53.9 Å². The molecule has 4 nitrogen and oxygen atoms in total. The van der Waals surface area contributed by atoms with Gasteiger partial charge >= 0.3 is 0 Å². The third kappa shape index (κ3) is 5.89. The van der Waals surface area contributed by atoms with Crippen LogP contribution in [0, 0.1) is 0 Å². The molecular weight excluding hydrogens is 340 g/mol. The monoisotopic (exact) mass is 362 g/mol. The van der Waals surface area contributed by atoms with Gasteiger partial charge in [-0.3, -0.25) is 4.98 Å². The third-order valence-corrected chi connectivity index (χ3v) is 5.61. The molecule has 1 rings (SSSR count). The molecule has 1 heterocycles. The number of hydrogen-bond acceptors (Lipinski definition) is 4. The number of hydrogen-bond donors (Lipinski definition) is 1. The largest absolute Gasteiger partial charge is 0.309 e. The smallest absolute Gasteiger partial charge is 0.150 e. The Morgan fingerprint density at radius 2 is 2.15 bits per heavy atom. The Balaban J connectivity index is 2.68. The van der Waals surface area contributed by atoms with Crippen LogP contribution in [-0.4, -0.2) is 31.5 Å². The average Bonchev–Trinajstić information content (AvgIpc) is 2.43. The van der Waals surface area contributed by atoms with Crippen molar-refractivity contribution < 1.29 is 8.42 Å². The number of halogens is 1. The minimum atomic E-state index is -2.89. The molecule has 0 saturated carbocycles. The number of nitrogens with one attached hydrogen (secondary N) is 1. The molecule has 0 aliphatic carbocycles. The van der Waals surface area contributed by atoms with Crippen LogP contribution in [0.3, 0.4) is 0 Å². The van der Waals surface area contributed by atoms with E-state index in [1.807, 2.05) is 12.1 Å². The predicted molar refractivity (Wildman–Crippen MR) is 86.5 cm³/mol. The van der Waals surface area contributed by atoms with Gasteiger partial charge in [0, 0.05) is 16.4 Å². The van der Waals surface area contributed by atoms with Gasteiger partial charge in [0.05, 0.1) is 17.5 Å². The Morgan fingerprint density at radius 1 is 1.40 bits per heavy atom. The van der Waals surface area contributed by atoms with Crippen LogP contribution in [0.2, 0.25) is 0 Å². The minimum absolute atomic E-state index is 0.0950. The molecule has 0 aromatic carbocycles. The van der Waals surface area contributed by atoms with E-state index < -0.39 is 9.84 Å². The zero-order valence-electron chi connectivity index (χ0n) is 12.1. The first-order chi connectivity index (χ1) is 9.50. The van der Waals surface area contributed by atoms with Gasteiger partial charge in [0.25, 0.3) is 0 Å². The van der Waals surface area contributed by atoms with E-state index in [0.29, 0.717) is 6.42 Å². The number of aromatic nitrogens is 1. The summed E-state index contributed by atoms with van der Waals surface area (Å²) in [4.78, 5) is 4.41. The normalized spacial score (nSPS) is 13.3. The summed E-state index contributed by atoms with van der Waals surface area (Å²) in [6, 6.07) is 3.94. The predicted octanol–water partition coefficient (Wildman–Crippen LogP) is 3.10. The molecule has 0 bridgehead atoms. The number of rotatable bonds is 9. The molecule has 0 aliphatic rings. The molecule has 1 unspecified atom stereocenters. The lowest BCUT2D eigenvalue weighted by molar-refractivity contribution is 0.480. The second-order valence-corrected chi connectivity index (χ2v) is 8.08. The van der Waals surface area contributed by atoms with E-state index in [-0.39, 0.29) is 17.5 Å². The lowest BCUT2D eigenvalue weighted by Gasteiger charge is -2.19. The van der Waals surface area contributed by atoms with Crippen LogP contribution < -0.4 is 5.32 Å². The van der Waals surface area contributed by atoms with E-state index in [9.17, 15) is 8.42 Å². The second kappa shape index (κ2) is 8.74. The Labute approximate surface area is 130 Å². The highest BCUT2D eigenvalue weighted by Crippen LogP contribution is 2.24. The molecule has 0 amide bonds. The van der Waals surface area contributed by atoms with Crippen molar-refractivity contribution in [2.75, 3.05) is 18.1 Å². The summed E-state index contributed by atoms with van der Waals surface area (Å²) in [6.45, 7) is 4.70. The molecule has 0 radical (unpaired) electrons. The molecule has 1 atom stereocenters. The van der Waals surface area contributed by atoms with Gasteiger partial charge < -0.3 is 5.32 Å². The van der Waals surface area contributed by atoms with Crippen molar-refractivity contribution in [3.63, 3.8) is 0 Å². The van der Waals surface area contributed by atoms with Gasteiger partial charge in [0.15, 0.2) is 0 Å². The Kier molecular flexibility index (Phi) is 7.69. The van der Waals surface area contributed by atoms with Crippen LogP contribution in [-0.2, 0) is 9.84 Å². The lowest BCUT2D eigenvalue weighted by atomic mass is 10.1. The highest BCUT2D eigenvalue weighted by molar-refractivity contribution is 9.10. The standard InChI is InChI=1S/C14H23BrN2O2S/c1-3-9-16-13(8-6-11-20(18,19)4-2)14-12(15)7-5-10-17-14/h5,7,10,13,16H,3-4,6,8-9,11H2,1-2H3. The van der Waals surface area contributed by atoms with Crippen LogP contribution >= 0.6 is 15.9 Å². The quantitative estimate of drug-likeness (QED) is 0.733. The molecule has 0 fully saturated rings. The number of nitrogens with zero attached hydrogens (tertiary/aromatic N) is 1. The van der Waals surface area contributed by atoms with Crippen LogP contribution in [0.15, 0.2) is 22.8 Å². The lowest BCUT2D eigenvalue weighted by Crippen LogP contribution is -2.24. The SMILES string of the molecule is CCCNC(CCCS(=O)(=O)CC)c1ncccc1Br. The van der Waals surface area contributed by atoms with E-state index in [1.165, 1.54) is 0 Å². The summed E-state index contributed by atoms with van der Waals surface area (Å²) in [6.07, 6.45) is 4.23. The van der Waals surface area contributed by atoms with Crippen LogP contribution in [0.25, 0.3) is 0 Å². The molecule has 6 heteroatoms. The van der Waals surface area contributed by atoms with Crippen molar-refractivity contribution in [3.8, 4) is 0 Å². The van der Waals surface area contributed by atoms with Gasteiger partial charge in [-0.25, -0.2) is 8.42 Å². The maximum absolute atomic E-state index is 11.6. The van der Waals surface area contributed by atoms with Crippen molar-refractivity contribution in [3.05, 3.63) is 28.5 Å². The van der Waals surface area contributed by atoms with Gasteiger partial charge in [-0.1, -0.05) is 13.8 Å². The van der Waals surface area contributed by atoms with Gasteiger partial charge in [0.2, 0.25) is 0 Å². The molecular formula is C14H23BrN2O2S. The fraction of sp³-hybridized carbons (Fsp3) is 0.643. The number of pyridine rings is 1. The fourth-order valence-corrected chi connectivity index (χ4v) is 3.39. The molecule has 0 saturated heterocycles. The zero-order valence-corrected chi connectivity index (χ0v) is 14.5. The van der Waals surface area contributed by atoms with Gasteiger partial charge in [-0.2, -0.15) is 0 Å². The van der Waals surface area contributed by atoms with E-state index in [1.54, 1.807) is 13.1 Å². The number of sulfone groups is 1. The van der Waals surface area contributed by atoms with Gasteiger partial charge in [0.1, 0.15) is 9.84 Å². The topological polar surface area (TPSA) is 59.1 Å². The van der Waals surface area contributed by atoms with E-state index in [2.05, 4.69) is 33.2 Å². The van der Waals surface area contributed by atoms with E-state index in [4.69, 9.17) is 0 Å². The van der Waals surface area contributed by atoms with Crippen LogP contribution in [0.1, 0.15) is 44.8 Å². The maximum atomic E-state index is 11.6. The summed E-state index contributed by atoms with van der Waals surface area (Å²) < 4.78 is 24.1. The van der Waals surface area contributed by atoms with Crippen LogP contribution in [0.5, 0.6) is 0 Å². The van der Waals surface area contributed by atoms with E-state index in [0.717, 1.165) is 29.6 Å². The van der Waals surface area contributed by atoms with Crippen LogP contribution in [0.4, 0.5) is 0 Å². The summed E-state index contributed by atoms with van der Waals surface area (Å²) in [7, 11) is -2.89. The molecule has 114 valence electrons. The summed E-state index contributed by atoms with van der Waals surface area (Å²) >= 11 is 3.51. The summed E-state index contributed by atoms with van der Waals surface area (Å²) in [5, 5.41) is 3.44. The molecule has 0 aliphatic heterocycles. The first-order valence-corrected chi connectivity index (χ1v) is 9.65. The highest BCUT2D eigenvalue weighted by atomic mass is 79.9. The van der Waals surface area contributed by atoms with E-state index >= 15 is 0 Å². The Hall–Kier alpha value is -0.460. The first-order valence-electron chi connectivity index (χ1n) is 7.04. The van der Waals surface area contributed by atoms with Gasteiger partial charge in [-0.15, -0.1) is 0 Å². The van der Waals surface area contributed by atoms with Crippen molar-refractivity contribution in [2.45, 2.75) is 39.2 Å². The molecule has 20 heavy (non-hydrogen) atoms. The highest BCUT2D eigenvalue weighted by Gasteiger charge is 2.16. The Bertz CT molecular complexity index is 506. The third-order valence-electron chi connectivity index (χ3n) is 3.15. The average molecular weight is 363 g/mol. The summed E-state index contributed by atoms with van der Waals surface area (Å²) in [5.41, 5.74) is 0.954.